The highest BCUT2D eigenvalue weighted by Gasteiger charge is 2.41. The molecule has 1 aliphatic rings. The minimum absolute atomic E-state index is 0.104. The van der Waals surface area contributed by atoms with Crippen molar-refractivity contribution < 1.29 is 17.6 Å². The average Bonchev–Trinajstić information content (AvgIpc) is 2.61. The van der Waals surface area contributed by atoms with Gasteiger partial charge in [0.1, 0.15) is 11.6 Å². The van der Waals surface area contributed by atoms with Gasteiger partial charge in [0, 0.05) is 42.5 Å². The SMILES string of the molecule is C=C(NC(c1cc(F)cc(F)c1)C1(C)CCC1)c1ccc(C(C)(F)F)cc1NC. The first-order valence-corrected chi connectivity index (χ1v) is 9.65. The Morgan fingerprint density at radius 2 is 1.72 bits per heavy atom. The summed E-state index contributed by atoms with van der Waals surface area (Å²) < 4.78 is 55.1. The van der Waals surface area contributed by atoms with E-state index in [1.807, 2.05) is 0 Å². The van der Waals surface area contributed by atoms with Gasteiger partial charge in [-0.25, -0.2) is 17.6 Å². The lowest BCUT2D eigenvalue weighted by molar-refractivity contribution is 0.0175. The number of nitrogens with one attached hydrogen (secondary N) is 2. The molecule has 1 fully saturated rings. The molecule has 29 heavy (non-hydrogen) atoms. The highest BCUT2D eigenvalue weighted by molar-refractivity contribution is 5.75. The monoisotopic (exact) mass is 406 g/mol. The molecule has 0 aliphatic heterocycles. The Morgan fingerprint density at radius 1 is 1.10 bits per heavy atom. The Hall–Kier alpha value is -2.50. The molecule has 1 saturated carbocycles. The Balaban J connectivity index is 1.95. The first-order valence-electron chi connectivity index (χ1n) is 9.65. The van der Waals surface area contributed by atoms with Gasteiger partial charge in [0.2, 0.25) is 0 Å². The third-order valence-corrected chi connectivity index (χ3v) is 5.85. The Morgan fingerprint density at radius 3 is 2.21 bits per heavy atom. The molecule has 1 aliphatic carbocycles. The Kier molecular flexibility index (Phi) is 5.65. The van der Waals surface area contributed by atoms with Gasteiger partial charge in [-0.2, -0.15) is 0 Å². The summed E-state index contributed by atoms with van der Waals surface area (Å²) in [5, 5.41) is 6.26. The zero-order valence-electron chi connectivity index (χ0n) is 16.9. The van der Waals surface area contributed by atoms with Crippen LogP contribution >= 0.6 is 0 Å². The van der Waals surface area contributed by atoms with Crippen LogP contribution in [0, 0.1) is 17.0 Å². The fourth-order valence-electron chi connectivity index (χ4n) is 3.96. The number of hydrogen-bond donors (Lipinski definition) is 2. The van der Waals surface area contributed by atoms with E-state index in [4.69, 9.17) is 0 Å². The minimum Gasteiger partial charge on any atom is -0.388 e. The van der Waals surface area contributed by atoms with Crippen molar-refractivity contribution in [1.82, 2.24) is 5.32 Å². The molecular formula is C23H26F4N2. The topological polar surface area (TPSA) is 24.1 Å². The average molecular weight is 406 g/mol. The summed E-state index contributed by atoms with van der Waals surface area (Å²) >= 11 is 0. The van der Waals surface area contributed by atoms with E-state index < -0.39 is 17.6 Å². The van der Waals surface area contributed by atoms with Crippen LogP contribution in [-0.4, -0.2) is 7.05 Å². The molecule has 0 bridgehead atoms. The molecule has 2 nitrogen and oxygen atoms in total. The standard InChI is InChI=1S/C23H26F4N2/c1-14(19-7-6-16(23(3,26)27)12-20(19)28-4)29-21(22(2)8-5-9-22)15-10-17(24)13-18(25)11-15/h6-7,10-13,21,28-29H,1,5,8-9H2,2-4H3. The van der Waals surface area contributed by atoms with Gasteiger partial charge < -0.3 is 10.6 Å². The van der Waals surface area contributed by atoms with E-state index >= 15 is 0 Å². The van der Waals surface area contributed by atoms with Crippen LogP contribution in [0.4, 0.5) is 23.2 Å². The molecule has 0 amide bonds. The quantitative estimate of drug-likeness (QED) is 0.506. The third kappa shape index (κ3) is 4.41. The summed E-state index contributed by atoms with van der Waals surface area (Å²) in [6.07, 6.45) is 2.87. The summed E-state index contributed by atoms with van der Waals surface area (Å²) in [6, 6.07) is 7.50. The van der Waals surface area contributed by atoms with Gasteiger partial charge in [-0.05, 0) is 42.0 Å². The lowest BCUT2D eigenvalue weighted by atomic mass is 9.63. The minimum atomic E-state index is -2.96. The molecule has 0 aromatic heterocycles. The number of rotatable bonds is 7. The maximum absolute atomic E-state index is 13.9. The molecule has 2 aromatic rings. The second kappa shape index (κ2) is 7.73. The highest BCUT2D eigenvalue weighted by Crippen LogP contribution is 2.50. The molecule has 0 radical (unpaired) electrons. The first-order chi connectivity index (χ1) is 13.5. The van der Waals surface area contributed by atoms with Crippen LogP contribution in [0.1, 0.15) is 55.8 Å². The second-order valence-corrected chi connectivity index (χ2v) is 8.17. The van der Waals surface area contributed by atoms with Gasteiger partial charge in [-0.1, -0.05) is 32.1 Å². The summed E-state index contributed by atoms with van der Waals surface area (Å²) in [7, 11) is 1.65. The molecule has 1 atom stereocenters. The molecule has 0 saturated heterocycles. The Labute approximate surface area is 169 Å². The highest BCUT2D eigenvalue weighted by atomic mass is 19.3. The molecule has 1 unspecified atom stereocenters. The Bertz CT molecular complexity index is 893. The molecule has 2 N–H and O–H groups in total. The fraction of sp³-hybridized carbons (Fsp3) is 0.391. The van der Waals surface area contributed by atoms with Gasteiger partial charge in [0.25, 0.3) is 5.92 Å². The lowest BCUT2D eigenvalue weighted by Crippen LogP contribution is -2.40. The first kappa shape index (κ1) is 21.2. The zero-order chi connectivity index (χ0) is 21.4. The second-order valence-electron chi connectivity index (χ2n) is 8.17. The van der Waals surface area contributed by atoms with Crippen molar-refractivity contribution in [2.75, 3.05) is 12.4 Å². The largest absolute Gasteiger partial charge is 0.388 e. The van der Waals surface area contributed by atoms with E-state index in [0.717, 1.165) is 32.3 Å². The van der Waals surface area contributed by atoms with Gasteiger partial charge >= 0.3 is 0 Å². The van der Waals surface area contributed by atoms with Crippen molar-refractivity contribution >= 4 is 11.4 Å². The van der Waals surface area contributed by atoms with Crippen LogP contribution in [0.25, 0.3) is 5.70 Å². The maximum Gasteiger partial charge on any atom is 0.270 e. The molecule has 0 spiro atoms. The van der Waals surface area contributed by atoms with Crippen molar-refractivity contribution in [2.24, 2.45) is 5.41 Å². The predicted octanol–water partition coefficient (Wildman–Crippen LogP) is 6.61. The van der Waals surface area contributed by atoms with E-state index in [1.54, 1.807) is 13.1 Å². The normalized spacial score (nSPS) is 16.7. The number of hydrogen-bond acceptors (Lipinski definition) is 2. The number of alkyl halides is 2. The van der Waals surface area contributed by atoms with Crippen LogP contribution in [0.15, 0.2) is 43.0 Å². The molecule has 2 aromatic carbocycles. The van der Waals surface area contributed by atoms with Gasteiger partial charge in [0.05, 0.1) is 6.04 Å². The van der Waals surface area contributed by atoms with Crippen molar-refractivity contribution in [1.29, 1.82) is 0 Å². The van der Waals surface area contributed by atoms with Gasteiger partial charge in [-0.3, -0.25) is 0 Å². The van der Waals surface area contributed by atoms with Crippen molar-refractivity contribution in [3.8, 4) is 0 Å². The van der Waals surface area contributed by atoms with Crippen LogP contribution in [0.2, 0.25) is 0 Å². The molecule has 3 rings (SSSR count). The molecular weight excluding hydrogens is 380 g/mol. The van der Waals surface area contributed by atoms with E-state index in [0.29, 0.717) is 22.5 Å². The van der Waals surface area contributed by atoms with Gasteiger partial charge in [-0.15, -0.1) is 0 Å². The van der Waals surface area contributed by atoms with Crippen LogP contribution in [-0.2, 0) is 5.92 Å². The number of anilines is 1. The molecule has 156 valence electrons. The smallest absolute Gasteiger partial charge is 0.270 e. The van der Waals surface area contributed by atoms with Crippen LogP contribution < -0.4 is 10.6 Å². The van der Waals surface area contributed by atoms with Crippen molar-refractivity contribution in [3.05, 3.63) is 71.3 Å². The maximum atomic E-state index is 13.9. The van der Waals surface area contributed by atoms with Gasteiger partial charge in [0.15, 0.2) is 0 Å². The predicted molar refractivity (Wildman–Crippen MR) is 109 cm³/mol. The number of benzene rings is 2. The fourth-order valence-corrected chi connectivity index (χ4v) is 3.96. The van der Waals surface area contributed by atoms with E-state index in [9.17, 15) is 17.6 Å². The van der Waals surface area contributed by atoms with E-state index in [2.05, 4.69) is 24.1 Å². The lowest BCUT2D eigenvalue weighted by Gasteiger charge is -2.46. The summed E-state index contributed by atoms with van der Waals surface area (Å²) in [4.78, 5) is 0. The zero-order valence-corrected chi connectivity index (χ0v) is 16.9. The van der Waals surface area contributed by atoms with Crippen LogP contribution in [0.3, 0.4) is 0 Å². The summed E-state index contributed by atoms with van der Waals surface area (Å²) in [5.74, 6) is -4.23. The summed E-state index contributed by atoms with van der Waals surface area (Å²) in [5.41, 5.74) is 1.86. The van der Waals surface area contributed by atoms with Crippen molar-refractivity contribution in [2.45, 2.75) is 45.1 Å². The van der Waals surface area contributed by atoms with E-state index in [1.165, 1.54) is 24.3 Å². The van der Waals surface area contributed by atoms with Crippen molar-refractivity contribution in [3.63, 3.8) is 0 Å². The number of halogens is 4. The summed E-state index contributed by atoms with van der Waals surface area (Å²) in [6.45, 7) is 7.00. The molecule has 6 heteroatoms. The van der Waals surface area contributed by atoms with E-state index in [-0.39, 0.29) is 17.0 Å². The van der Waals surface area contributed by atoms with Crippen LogP contribution in [0.5, 0.6) is 0 Å². The molecule has 0 heterocycles. The third-order valence-electron chi connectivity index (χ3n) is 5.85.